The molecule has 7 nitrogen and oxygen atoms in total. The summed E-state index contributed by atoms with van der Waals surface area (Å²) >= 11 is 0. The molecule has 108 valence electrons. The monoisotopic (exact) mass is 308 g/mol. The second-order valence-electron chi connectivity index (χ2n) is 3.80. The Morgan fingerprint density at radius 2 is 1.84 bits per heavy atom. The molecule has 0 fully saturated rings. The lowest BCUT2D eigenvalue weighted by molar-refractivity contribution is -0.140. The van der Waals surface area contributed by atoms with Crippen LogP contribution in [-0.2, 0) is 14.4 Å². The number of nitrogens with two attached hydrogens (primary N) is 2. The number of carbonyl (C=O) groups is 3. The molecule has 0 aliphatic heterocycles. The van der Waals surface area contributed by atoms with E-state index >= 15 is 0 Å². The molecule has 0 saturated heterocycles. The van der Waals surface area contributed by atoms with Crippen molar-refractivity contribution in [1.82, 2.24) is 0 Å². The third-order valence-electron chi connectivity index (χ3n) is 2.33. The number of carboxylic acids is 2. The Kier molecular flexibility index (Phi) is 7.12. The summed E-state index contributed by atoms with van der Waals surface area (Å²) in [4.78, 5) is 33.2. The number of rotatable bonds is 9. The minimum atomic E-state index is -1.43. The number of hydrogen-bond donors (Lipinski definition) is 4. The van der Waals surface area contributed by atoms with Crippen LogP contribution in [0.5, 0.6) is 0 Å². The van der Waals surface area contributed by atoms with E-state index in [1.807, 2.05) is 0 Å². The second-order valence-corrected chi connectivity index (χ2v) is 6.59. The van der Waals surface area contributed by atoms with Crippen LogP contribution in [0.25, 0.3) is 0 Å². The smallest absolute Gasteiger partial charge is 0.322 e. The van der Waals surface area contributed by atoms with Gasteiger partial charge < -0.3 is 21.7 Å². The fourth-order valence-electron chi connectivity index (χ4n) is 0.985. The molecule has 0 aromatic rings. The summed E-state index contributed by atoms with van der Waals surface area (Å²) in [6.45, 7) is 4.68. The lowest BCUT2D eigenvalue weighted by atomic mass is 9.96. The predicted octanol–water partition coefficient (Wildman–Crippen LogP) is -0.295. The highest BCUT2D eigenvalue weighted by Crippen LogP contribution is 2.39. The van der Waals surface area contributed by atoms with Gasteiger partial charge in [0.15, 0.2) is 5.78 Å². The van der Waals surface area contributed by atoms with E-state index in [4.69, 9.17) is 21.7 Å². The van der Waals surface area contributed by atoms with Crippen molar-refractivity contribution >= 4 is 39.3 Å². The van der Waals surface area contributed by atoms with Crippen LogP contribution in [0.4, 0.5) is 0 Å². The van der Waals surface area contributed by atoms with Crippen LogP contribution in [0.3, 0.4) is 0 Å². The first-order valence-corrected chi connectivity index (χ1v) is 7.43. The number of ketones is 1. The van der Waals surface area contributed by atoms with Gasteiger partial charge in [0.2, 0.25) is 0 Å². The predicted molar refractivity (Wildman–Crippen MR) is 74.9 cm³/mol. The Hall–Kier alpha value is -1.03. The van der Waals surface area contributed by atoms with Crippen molar-refractivity contribution in [3.63, 3.8) is 0 Å². The highest BCUT2D eigenvalue weighted by molar-refractivity contribution is 8.77. The summed E-state index contributed by atoms with van der Waals surface area (Å²) in [7, 11) is 1.87. The Bertz CT molecular complexity index is 390. The minimum Gasteiger partial charge on any atom is -0.480 e. The van der Waals surface area contributed by atoms with Crippen molar-refractivity contribution in [3.8, 4) is 0 Å². The van der Waals surface area contributed by atoms with E-state index < -0.39 is 34.6 Å². The quantitative estimate of drug-likeness (QED) is 0.333. The molecular weight excluding hydrogens is 292 g/mol. The van der Waals surface area contributed by atoms with Crippen molar-refractivity contribution in [3.05, 3.63) is 12.7 Å². The van der Waals surface area contributed by atoms with Crippen LogP contribution in [0, 0.1) is 0 Å². The summed E-state index contributed by atoms with van der Waals surface area (Å²) in [5.41, 5.74) is 10.8. The number of hydrogen-bond acceptors (Lipinski definition) is 7. The van der Waals surface area contributed by atoms with Gasteiger partial charge in [-0.3, -0.25) is 14.4 Å². The van der Waals surface area contributed by atoms with Crippen LogP contribution in [-0.4, -0.2) is 50.5 Å². The van der Waals surface area contributed by atoms with Crippen LogP contribution in [0.2, 0.25) is 0 Å². The average Bonchev–Trinajstić information content (AvgIpc) is 2.35. The molecule has 19 heavy (non-hydrogen) atoms. The van der Waals surface area contributed by atoms with E-state index in [1.165, 1.54) is 6.92 Å². The first kappa shape index (κ1) is 18.0. The summed E-state index contributed by atoms with van der Waals surface area (Å²) in [6.07, 6.45) is 0.994. The molecule has 0 heterocycles. The van der Waals surface area contributed by atoms with Gasteiger partial charge in [-0.05, 0) is 13.0 Å². The van der Waals surface area contributed by atoms with Gasteiger partial charge in [0.05, 0.1) is 0 Å². The molecule has 0 aromatic carbocycles. The SMILES string of the molecule is C=CC(=O)C(C)(SSC[C@H](N)C(=O)O)[C@H](N)C(=O)O. The lowest BCUT2D eigenvalue weighted by Crippen LogP contribution is -2.52. The Balaban J connectivity index is 4.80. The first-order valence-electron chi connectivity index (χ1n) is 5.11. The van der Waals surface area contributed by atoms with Crippen molar-refractivity contribution in [2.24, 2.45) is 11.5 Å². The fraction of sp³-hybridized carbons (Fsp3) is 0.500. The standard InChI is InChI=1S/C10H16N2O5S2/c1-3-6(13)10(2,7(12)9(16)17)19-18-4-5(11)8(14)15/h3,5,7H,1,4,11-12H2,2H3,(H,14,15)(H,16,17)/t5-,7+,10?/m0/s1. The van der Waals surface area contributed by atoms with Crippen LogP contribution < -0.4 is 11.5 Å². The topological polar surface area (TPSA) is 144 Å². The van der Waals surface area contributed by atoms with E-state index in [1.54, 1.807) is 0 Å². The average molecular weight is 308 g/mol. The normalized spacial score (nSPS) is 17.0. The maximum absolute atomic E-state index is 11.7. The second kappa shape index (κ2) is 7.53. The number of carbonyl (C=O) groups excluding carboxylic acids is 1. The Morgan fingerprint density at radius 3 is 2.21 bits per heavy atom. The zero-order chi connectivity index (χ0) is 15.2. The van der Waals surface area contributed by atoms with E-state index in [0.717, 1.165) is 27.7 Å². The van der Waals surface area contributed by atoms with Gasteiger partial charge in [-0.25, -0.2) is 0 Å². The molecule has 0 radical (unpaired) electrons. The third-order valence-corrected chi connectivity index (χ3v) is 5.55. The maximum atomic E-state index is 11.7. The number of allylic oxidation sites excluding steroid dienone is 1. The lowest BCUT2D eigenvalue weighted by Gasteiger charge is -2.29. The van der Waals surface area contributed by atoms with Gasteiger partial charge in [-0.2, -0.15) is 0 Å². The van der Waals surface area contributed by atoms with E-state index in [2.05, 4.69) is 6.58 Å². The maximum Gasteiger partial charge on any atom is 0.322 e. The highest BCUT2D eigenvalue weighted by Gasteiger charge is 2.43. The van der Waals surface area contributed by atoms with Gasteiger partial charge in [-0.15, -0.1) is 0 Å². The summed E-state index contributed by atoms with van der Waals surface area (Å²) in [5, 5.41) is 17.5. The summed E-state index contributed by atoms with van der Waals surface area (Å²) in [6, 6.07) is -2.53. The largest absolute Gasteiger partial charge is 0.480 e. The van der Waals surface area contributed by atoms with E-state index in [0.29, 0.717) is 0 Å². The van der Waals surface area contributed by atoms with E-state index in [9.17, 15) is 14.4 Å². The summed E-state index contributed by atoms with van der Waals surface area (Å²) in [5.74, 6) is -3.02. The summed E-state index contributed by atoms with van der Waals surface area (Å²) < 4.78 is -1.43. The Labute approximate surface area is 118 Å². The number of aliphatic carboxylic acids is 2. The molecule has 1 unspecified atom stereocenters. The zero-order valence-electron chi connectivity index (χ0n) is 10.2. The molecular formula is C10H16N2O5S2. The van der Waals surface area contributed by atoms with Crippen molar-refractivity contribution in [2.45, 2.75) is 23.8 Å². The van der Waals surface area contributed by atoms with Gasteiger partial charge in [0.1, 0.15) is 16.8 Å². The van der Waals surface area contributed by atoms with Crippen LogP contribution >= 0.6 is 21.6 Å². The molecule has 0 rings (SSSR count). The fourth-order valence-corrected chi connectivity index (χ4v) is 3.89. The molecule has 0 saturated carbocycles. The van der Waals surface area contributed by atoms with Gasteiger partial charge in [-0.1, -0.05) is 28.2 Å². The molecule has 0 amide bonds. The van der Waals surface area contributed by atoms with E-state index in [-0.39, 0.29) is 5.75 Å². The first-order chi connectivity index (χ1) is 8.66. The molecule has 0 spiro atoms. The molecule has 0 aliphatic carbocycles. The van der Waals surface area contributed by atoms with Gasteiger partial charge in [0, 0.05) is 5.75 Å². The molecule has 0 bridgehead atoms. The zero-order valence-corrected chi connectivity index (χ0v) is 11.9. The van der Waals surface area contributed by atoms with Crippen molar-refractivity contribution in [2.75, 3.05) is 5.75 Å². The molecule has 0 aromatic heterocycles. The highest BCUT2D eigenvalue weighted by atomic mass is 33.1. The van der Waals surface area contributed by atoms with Crippen molar-refractivity contribution < 1.29 is 24.6 Å². The molecule has 9 heteroatoms. The molecule has 0 aliphatic rings. The Morgan fingerprint density at radius 1 is 1.32 bits per heavy atom. The van der Waals surface area contributed by atoms with Crippen LogP contribution in [0.15, 0.2) is 12.7 Å². The molecule has 6 N–H and O–H groups in total. The van der Waals surface area contributed by atoms with Crippen molar-refractivity contribution in [1.29, 1.82) is 0 Å². The van der Waals surface area contributed by atoms with Gasteiger partial charge in [0.25, 0.3) is 0 Å². The third kappa shape index (κ3) is 4.86. The van der Waals surface area contributed by atoms with Gasteiger partial charge >= 0.3 is 11.9 Å². The minimum absolute atomic E-state index is 0.0202. The molecule has 3 atom stereocenters. The van der Waals surface area contributed by atoms with Crippen LogP contribution in [0.1, 0.15) is 6.92 Å². The number of carboxylic acid groups (broad SMARTS) is 2.